The van der Waals surface area contributed by atoms with Crippen LogP contribution in [-0.4, -0.2) is 24.9 Å². The summed E-state index contributed by atoms with van der Waals surface area (Å²) in [5.74, 6) is 1.87. The van der Waals surface area contributed by atoms with Crippen molar-refractivity contribution in [3.63, 3.8) is 0 Å². The summed E-state index contributed by atoms with van der Waals surface area (Å²) in [6.07, 6.45) is 0. The van der Waals surface area contributed by atoms with Gasteiger partial charge in [-0.15, -0.1) is 34.0 Å². The number of thiazole rings is 2. The van der Waals surface area contributed by atoms with Crippen LogP contribution in [0.5, 0.6) is 0 Å². The standard InChI is InChI=1S/C41H23N5S3/c1-2-11-24(12-3-1)37-44-38(46-39(45-37)29-14-10-20-35-36(29)28-13-4-7-17-32(28)47-35)25-21-26(40-42-30-15-5-8-18-33(30)48-40)23-27(22-25)41-43-31-16-6-9-19-34(31)49-41/h1-23H. The highest BCUT2D eigenvalue weighted by molar-refractivity contribution is 7.26. The Morgan fingerprint density at radius 3 is 1.55 bits per heavy atom. The van der Waals surface area contributed by atoms with Gasteiger partial charge >= 0.3 is 0 Å². The summed E-state index contributed by atoms with van der Waals surface area (Å²) >= 11 is 5.16. The lowest BCUT2D eigenvalue weighted by molar-refractivity contribution is 1.08. The number of aromatic nitrogens is 5. The lowest BCUT2D eigenvalue weighted by Crippen LogP contribution is -2.01. The molecular weight excluding hydrogens is 659 g/mol. The van der Waals surface area contributed by atoms with Crippen molar-refractivity contribution in [2.75, 3.05) is 0 Å². The maximum Gasteiger partial charge on any atom is 0.164 e. The van der Waals surface area contributed by atoms with Gasteiger partial charge < -0.3 is 0 Å². The van der Waals surface area contributed by atoms with Gasteiger partial charge in [-0.2, -0.15) is 0 Å². The van der Waals surface area contributed by atoms with Crippen LogP contribution in [0.1, 0.15) is 0 Å². The second kappa shape index (κ2) is 11.5. The Labute approximate surface area is 292 Å². The number of benzene rings is 6. The van der Waals surface area contributed by atoms with Crippen molar-refractivity contribution in [3.8, 4) is 55.3 Å². The van der Waals surface area contributed by atoms with Gasteiger partial charge in [-0.1, -0.05) is 84.9 Å². The summed E-state index contributed by atoms with van der Waals surface area (Å²) in [6, 6.07) is 48.1. The van der Waals surface area contributed by atoms with Gasteiger partial charge in [0, 0.05) is 48.0 Å². The molecule has 6 aromatic carbocycles. The molecule has 0 saturated carbocycles. The van der Waals surface area contributed by atoms with Crippen LogP contribution < -0.4 is 0 Å². The van der Waals surface area contributed by atoms with Crippen molar-refractivity contribution >= 4 is 74.6 Å². The third-order valence-corrected chi connectivity index (χ3v) is 11.9. The number of nitrogens with zero attached hydrogens (tertiary/aromatic N) is 5. The van der Waals surface area contributed by atoms with Gasteiger partial charge in [0.1, 0.15) is 10.0 Å². The van der Waals surface area contributed by atoms with Crippen molar-refractivity contribution < 1.29 is 0 Å². The van der Waals surface area contributed by atoms with E-state index in [2.05, 4.69) is 97.1 Å². The predicted octanol–water partition coefficient (Wildman–Crippen LogP) is 11.8. The average molecular weight is 682 g/mol. The minimum absolute atomic E-state index is 0.603. The summed E-state index contributed by atoms with van der Waals surface area (Å²) in [7, 11) is 0. The predicted molar refractivity (Wildman–Crippen MR) is 206 cm³/mol. The Kier molecular flexibility index (Phi) is 6.65. The van der Waals surface area contributed by atoms with E-state index in [9.17, 15) is 0 Å². The average Bonchev–Trinajstić information content (AvgIpc) is 3.90. The fraction of sp³-hybridized carbons (Fsp3) is 0. The first-order valence-corrected chi connectivity index (χ1v) is 18.3. The van der Waals surface area contributed by atoms with E-state index in [1.807, 2.05) is 42.5 Å². The van der Waals surface area contributed by atoms with E-state index < -0.39 is 0 Å². The molecule has 0 aliphatic heterocycles. The Bertz CT molecular complexity index is 2690. The largest absolute Gasteiger partial charge is 0.236 e. The first-order valence-electron chi connectivity index (χ1n) is 15.8. The first-order chi connectivity index (χ1) is 24.2. The van der Waals surface area contributed by atoms with E-state index in [1.54, 1.807) is 34.0 Å². The molecule has 0 spiro atoms. The van der Waals surface area contributed by atoms with Gasteiger partial charge in [-0.3, -0.25) is 0 Å². The zero-order valence-corrected chi connectivity index (χ0v) is 28.2. The van der Waals surface area contributed by atoms with Gasteiger partial charge in [-0.25, -0.2) is 24.9 Å². The second-order valence-electron chi connectivity index (χ2n) is 11.7. The minimum atomic E-state index is 0.603. The molecule has 49 heavy (non-hydrogen) atoms. The molecule has 0 fully saturated rings. The highest BCUT2D eigenvalue weighted by atomic mass is 32.1. The Morgan fingerprint density at radius 2 is 0.878 bits per heavy atom. The van der Waals surface area contributed by atoms with Gasteiger partial charge in [0.2, 0.25) is 0 Å². The third kappa shape index (κ3) is 5.00. The normalized spacial score (nSPS) is 11.7. The molecule has 0 unspecified atom stereocenters. The zero-order valence-electron chi connectivity index (χ0n) is 25.7. The van der Waals surface area contributed by atoms with Crippen LogP contribution in [0.15, 0.2) is 140 Å². The van der Waals surface area contributed by atoms with Crippen LogP contribution in [-0.2, 0) is 0 Å². The number of fused-ring (bicyclic) bond motifs is 5. The second-order valence-corrected chi connectivity index (χ2v) is 14.9. The smallest absolute Gasteiger partial charge is 0.164 e. The highest BCUT2D eigenvalue weighted by Crippen LogP contribution is 2.41. The minimum Gasteiger partial charge on any atom is -0.236 e. The molecule has 0 bridgehead atoms. The van der Waals surface area contributed by atoms with Crippen molar-refractivity contribution in [1.82, 2.24) is 24.9 Å². The van der Waals surface area contributed by atoms with Gasteiger partial charge in [0.25, 0.3) is 0 Å². The van der Waals surface area contributed by atoms with E-state index in [-0.39, 0.29) is 0 Å². The molecule has 0 saturated heterocycles. The van der Waals surface area contributed by atoms with Gasteiger partial charge in [0.05, 0.1) is 20.4 Å². The van der Waals surface area contributed by atoms with Crippen molar-refractivity contribution in [2.24, 2.45) is 0 Å². The molecule has 0 aliphatic rings. The Morgan fingerprint density at radius 1 is 0.347 bits per heavy atom. The lowest BCUT2D eigenvalue weighted by Gasteiger charge is -2.11. The summed E-state index contributed by atoms with van der Waals surface area (Å²) in [5, 5.41) is 4.25. The number of hydrogen-bond donors (Lipinski definition) is 0. The molecule has 0 N–H and O–H groups in total. The first kappa shape index (κ1) is 28.4. The topological polar surface area (TPSA) is 64.5 Å². The molecular formula is C41H23N5S3. The van der Waals surface area contributed by atoms with Crippen LogP contribution in [0.4, 0.5) is 0 Å². The monoisotopic (exact) mass is 681 g/mol. The fourth-order valence-electron chi connectivity index (χ4n) is 6.30. The van der Waals surface area contributed by atoms with Crippen molar-refractivity contribution in [3.05, 3.63) is 140 Å². The van der Waals surface area contributed by atoms with Crippen molar-refractivity contribution in [2.45, 2.75) is 0 Å². The molecule has 0 aliphatic carbocycles. The van der Waals surface area contributed by atoms with E-state index in [0.29, 0.717) is 17.5 Å². The molecule has 10 rings (SSSR count). The number of para-hydroxylation sites is 2. The third-order valence-electron chi connectivity index (χ3n) is 8.58. The van der Waals surface area contributed by atoms with E-state index >= 15 is 0 Å². The molecule has 0 amide bonds. The lowest BCUT2D eigenvalue weighted by atomic mass is 10.0. The molecule has 5 nitrogen and oxygen atoms in total. The number of hydrogen-bond acceptors (Lipinski definition) is 8. The van der Waals surface area contributed by atoms with E-state index in [4.69, 9.17) is 24.9 Å². The van der Waals surface area contributed by atoms with Crippen LogP contribution >= 0.6 is 34.0 Å². The summed E-state index contributed by atoms with van der Waals surface area (Å²) < 4.78 is 4.74. The molecule has 0 radical (unpaired) electrons. The zero-order chi connectivity index (χ0) is 32.3. The van der Waals surface area contributed by atoms with Crippen LogP contribution in [0.25, 0.3) is 95.9 Å². The molecule has 4 aromatic heterocycles. The Hall–Kier alpha value is -5.67. The molecule has 0 atom stereocenters. The summed E-state index contributed by atoms with van der Waals surface area (Å²) in [5.41, 5.74) is 6.78. The molecule has 230 valence electrons. The molecule has 10 aromatic rings. The maximum atomic E-state index is 5.24. The molecule has 4 heterocycles. The van der Waals surface area contributed by atoms with Gasteiger partial charge in [0.15, 0.2) is 17.5 Å². The number of rotatable bonds is 5. The van der Waals surface area contributed by atoms with E-state index in [0.717, 1.165) is 63.7 Å². The fourth-order valence-corrected chi connectivity index (χ4v) is 9.34. The summed E-state index contributed by atoms with van der Waals surface area (Å²) in [6.45, 7) is 0. The summed E-state index contributed by atoms with van der Waals surface area (Å²) in [4.78, 5) is 25.6. The SMILES string of the molecule is c1ccc(-c2nc(-c3cc(-c4nc5ccccc5s4)cc(-c4nc5ccccc5s4)c3)nc(-c3cccc4sc5ccccc5c34)n2)cc1. The van der Waals surface area contributed by atoms with Gasteiger partial charge in [-0.05, 0) is 54.6 Å². The van der Waals surface area contributed by atoms with Crippen LogP contribution in [0, 0.1) is 0 Å². The number of thiophene rings is 1. The van der Waals surface area contributed by atoms with E-state index in [1.165, 1.54) is 14.8 Å². The highest BCUT2D eigenvalue weighted by Gasteiger charge is 2.19. The molecule has 8 heteroatoms. The quantitative estimate of drug-likeness (QED) is 0.181. The van der Waals surface area contributed by atoms with Crippen LogP contribution in [0.2, 0.25) is 0 Å². The maximum absolute atomic E-state index is 5.24. The Balaban J connectivity index is 1.23. The van der Waals surface area contributed by atoms with Crippen LogP contribution in [0.3, 0.4) is 0 Å². The van der Waals surface area contributed by atoms with Crippen molar-refractivity contribution in [1.29, 1.82) is 0 Å².